The lowest BCUT2D eigenvalue weighted by molar-refractivity contribution is 0.123. The lowest BCUT2D eigenvalue weighted by Gasteiger charge is -2.14. The summed E-state index contributed by atoms with van der Waals surface area (Å²) >= 11 is 6.91. The van der Waals surface area contributed by atoms with Crippen LogP contribution in [0.15, 0.2) is 16.6 Å². The average Bonchev–Trinajstić information content (AvgIpc) is 2.67. The van der Waals surface area contributed by atoms with Gasteiger partial charge in [-0.25, -0.2) is 0 Å². The van der Waals surface area contributed by atoms with Crippen LogP contribution < -0.4 is 9.47 Å². The van der Waals surface area contributed by atoms with E-state index >= 15 is 0 Å². The van der Waals surface area contributed by atoms with E-state index < -0.39 is 0 Å². The molecule has 0 N–H and O–H groups in total. The second-order valence-electron chi connectivity index (χ2n) is 3.11. The fourth-order valence-corrected chi connectivity index (χ4v) is 2.64. The molecule has 3 nitrogen and oxygen atoms in total. The Balaban J connectivity index is 2.39. The van der Waals surface area contributed by atoms with E-state index in [1.165, 1.54) is 0 Å². The van der Waals surface area contributed by atoms with Gasteiger partial charge in [-0.3, -0.25) is 0 Å². The largest absolute Gasteiger partial charge is 0.454 e. The lowest BCUT2D eigenvalue weighted by atomic mass is 10.1. The van der Waals surface area contributed by atoms with Crippen molar-refractivity contribution in [3.8, 4) is 11.5 Å². The zero-order chi connectivity index (χ0) is 10.8. The summed E-state index contributed by atoms with van der Waals surface area (Å²) < 4.78 is 16.9. The minimum absolute atomic E-state index is 0.00822. The topological polar surface area (TPSA) is 27.7 Å². The van der Waals surface area contributed by atoms with Crippen LogP contribution in [0.4, 0.5) is 0 Å². The summed E-state index contributed by atoms with van der Waals surface area (Å²) in [6, 6.07) is 3.86. The number of hydrogen-bond acceptors (Lipinski definition) is 3. The first kappa shape index (κ1) is 11.2. The van der Waals surface area contributed by atoms with Gasteiger partial charge < -0.3 is 14.2 Å². The van der Waals surface area contributed by atoms with Crippen LogP contribution in [0.1, 0.15) is 11.7 Å². The molecular weight excluding hydrogens is 328 g/mol. The number of halogens is 2. The van der Waals surface area contributed by atoms with Crippen LogP contribution in [0.5, 0.6) is 11.5 Å². The molecule has 0 spiro atoms. The zero-order valence-electron chi connectivity index (χ0n) is 8.13. The Hall–Kier alpha value is -0.260. The Morgan fingerprint density at radius 1 is 1.40 bits per heavy atom. The standard InChI is InChI=1S/C10H10Br2O3/c1-13-10(4-11)6-2-8-9(3-7(6)12)15-5-14-8/h2-3,10H,4-5H2,1H3. The first-order valence-corrected chi connectivity index (χ1v) is 6.35. The van der Waals surface area contributed by atoms with Crippen LogP contribution in [0.25, 0.3) is 0 Å². The van der Waals surface area contributed by atoms with Gasteiger partial charge >= 0.3 is 0 Å². The van der Waals surface area contributed by atoms with E-state index in [1.54, 1.807) is 7.11 Å². The first-order valence-electron chi connectivity index (χ1n) is 4.44. The van der Waals surface area contributed by atoms with Crippen LogP contribution in [-0.2, 0) is 4.74 Å². The third-order valence-corrected chi connectivity index (χ3v) is 3.54. The smallest absolute Gasteiger partial charge is 0.231 e. The van der Waals surface area contributed by atoms with Crippen molar-refractivity contribution in [3.05, 3.63) is 22.2 Å². The van der Waals surface area contributed by atoms with Crippen LogP contribution in [0.3, 0.4) is 0 Å². The summed E-state index contributed by atoms with van der Waals surface area (Å²) in [7, 11) is 1.68. The second kappa shape index (κ2) is 4.72. The van der Waals surface area contributed by atoms with Crippen molar-refractivity contribution >= 4 is 31.9 Å². The van der Waals surface area contributed by atoms with E-state index in [2.05, 4.69) is 31.9 Å². The lowest BCUT2D eigenvalue weighted by Crippen LogP contribution is -2.03. The van der Waals surface area contributed by atoms with Gasteiger partial charge in [-0.2, -0.15) is 0 Å². The Morgan fingerprint density at radius 2 is 2.07 bits per heavy atom. The van der Waals surface area contributed by atoms with Gasteiger partial charge in [0.1, 0.15) is 0 Å². The number of fused-ring (bicyclic) bond motifs is 1. The van der Waals surface area contributed by atoms with Crippen LogP contribution in [0, 0.1) is 0 Å². The molecule has 0 saturated carbocycles. The molecule has 1 aromatic rings. The van der Waals surface area contributed by atoms with E-state index in [1.807, 2.05) is 12.1 Å². The minimum atomic E-state index is 0.00822. The van der Waals surface area contributed by atoms with E-state index in [-0.39, 0.29) is 12.9 Å². The minimum Gasteiger partial charge on any atom is -0.454 e. The molecule has 5 heteroatoms. The molecule has 1 aliphatic rings. The van der Waals surface area contributed by atoms with Crippen molar-refractivity contribution in [2.75, 3.05) is 19.2 Å². The monoisotopic (exact) mass is 336 g/mol. The highest BCUT2D eigenvalue weighted by molar-refractivity contribution is 9.10. The molecule has 1 unspecified atom stereocenters. The van der Waals surface area contributed by atoms with E-state index in [4.69, 9.17) is 14.2 Å². The van der Waals surface area contributed by atoms with Crippen molar-refractivity contribution < 1.29 is 14.2 Å². The van der Waals surface area contributed by atoms with Gasteiger partial charge in [-0.05, 0) is 17.7 Å². The Bertz CT molecular complexity index is 364. The highest BCUT2D eigenvalue weighted by Crippen LogP contribution is 2.39. The molecule has 82 valence electrons. The first-order chi connectivity index (χ1) is 7.26. The molecule has 0 bridgehead atoms. The summed E-state index contributed by atoms with van der Waals surface area (Å²) in [6.45, 7) is 0.289. The van der Waals surface area contributed by atoms with E-state index in [0.29, 0.717) is 0 Å². The second-order valence-corrected chi connectivity index (χ2v) is 4.61. The van der Waals surface area contributed by atoms with Crippen molar-refractivity contribution in [1.29, 1.82) is 0 Å². The molecule has 0 radical (unpaired) electrons. The van der Waals surface area contributed by atoms with Crippen molar-refractivity contribution in [1.82, 2.24) is 0 Å². The molecule has 0 aromatic heterocycles. The maximum Gasteiger partial charge on any atom is 0.231 e. The number of hydrogen-bond donors (Lipinski definition) is 0. The third kappa shape index (κ3) is 2.14. The molecule has 1 atom stereocenters. The van der Waals surface area contributed by atoms with Gasteiger partial charge in [-0.1, -0.05) is 31.9 Å². The molecule has 0 amide bonds. The van der Waals surface area contributed by atoms with Crippen LogP contribution >= 0.6 is 31.9 Å². The summed E-state index contributed by atoms with van der Waals surface area (Å²) in [5.41, 5.74) is 1.05. The summed E-state index contributed by atoms with van der Waals surface area (Å²) in [5.74, 6) is 1.55. The third-order valence-electron chi connectivity index (χ3n) is 2.26. The van der Waals surface area contributed by atoms with Crippen LogP contribution in [0.2, 0.25) is 0 Å². The predicted octanol–water partition coefficient (Wildman–Crippen LogP) is 3.26. The fourth-order valence-electron chi connectivity index (χ4n) is 1.45. The molecule has 1 heterocycles. The number of benzene rings is 1. The molecular formula is C10H10Br2O3. The summed E-state index contributed by atoms with van der Waals surface area (Å²) in [5, 5.41) is 0.738. The molecule has 0 fully saturated rings. The van der Waals surface area contributed by atoms with E-state index in [0.717, 1.165) is 26.9 Å². The number of ether oxygens (including phenoxy) is 3. The Kier molecular flexibility index (Phi) is 3.53. The van der Waals surface area contributed by atoms with Gasteiger partial charge in [0, 0.05) is 16.9 Å². The van der Waals surface area contributed by atoms with Crippen molar-refractivity contribution in [3.63, 3.8) is 0 Å². The van der Waals surface area contributed by atoms with Gasteiger partial charge in [0.2, 0.25) is 6.79 Å². The molecule has 2 rings (SSSR count). The van der Waals surface area contributed by atoms with Gasteiger partial charge in [0.15, 0.2) is 11.5 Å². The maximum atomic E-state index is 5.35. The fraction of sp³-hybridized carbons (Fsp3) is 0.400. The van der Waals surface area contributed by atoms with Gasteiger partial charge in [-0.15, -0.1) is 0 Å². The predicted molar refractivity (Wildman–Crippen MR) is 63.8 cm³/mol. The quantitative estimate of drug-likeness (QED) is 0.792. The number of rotatable bonds is 3. The molecule has 1 aliphatic heterocycles. The molecule has 0 aliphatic carbocycles. The highest BCUT2D eigenvalue weighted by Gasteiger charge is 2.20. The summed E-state index contributed by atoms with van der Waals surface area (Å²) in [6.07, 6.45) is 0.00822. The Morgan fingerprint density at radius 3 is 2.67 bits per heavy atom. The van der Waals surface area contributed by atoms with Gasteiger partial charge in [0.05, 0.1) is 6.10 Å². The van der Waals surface area contributed by atoms with Gasteiger partial charge in [0.25, 0.3) is 0 Å². The Labute approximate surface area is 105 Å². The SMILES string of the molecule is COC(CBr)c1cc2c(cc1Br)OCO2. The zero-order valence-corrected chi connectivity index (χ0v) is 11.3. The van der Waals surface area contributed by atoms with Crippen molar-refractivity contribution in [2.45, 2.75) is 6.10 Å². The normalized spacial score (nSPS) is 15.4. The molecule has 15 heavy (non-hydrogen) atoms. The average molecular weight is 338 g/mol. The molecule has 0 saturated heterocycles. The molecule has 1 aromatic carbocycles. The van der Waals surface area contributed by atoms with Crippen LogP contribution in [-0.4, -0.2) is 19.2 Å². The number of methoxy groups -OCH3 is 1. The highest BCUT2D eigenvalue weighted by atomic mass is 79.9. The summed E-state index contributed by atoms with van der Waals surface area (Å²) in [4.78, 5) is 0. The number of alkyl halides is 1. The maximum absolute atomic E-state index is 5.35. The van der Waals surface area contributed by atoms with Crippen molar-refractivity contribution in [2.24, 2.45) is 0 Å². The van der Waals surface area contributed by atoms with E-state index in [9.17, 15) is 0 Å².